The molecular formula is C13H19N3O. The Balaban J connectivity index is 1.69. The molecule has 1 aromatic heterocycles. The van der Waals surface area contributed by atoms with E-state index in [9.17, 15) is 4.79 Å². The summed E-state index contributed by atoms with van der Waals surface area (Å²) in [5, 5.41) is 6.23. The number of rotatable bonds is 4. The van der Waals surface area contributed by atoms with E-state index in [1.54, 1.807) is 6.20 Å². The molecule has 1 unspecified atom stereocenters. The van der Waals surface area contributed by atoms with Gasteiger partial charge < -0.3 is 10.6 Å². The lowest BCUT2D eigenvalue weighted by Crippen LogP contribution is -2.41. The number of piperidine rings is 1. The Kier molecular flexibility index (Phi) is 4.50. The van der Waals surface area contributed by atoms with Gasteiger partial charge in [-0.2, -0.15) is 0 Å². The maximum atomic E-state index is 11.8. The molecule has 0 saturated carbocycles. The SMILES string of the molecule is O=C(NCCc1ccccn1)C1CCCNC1. The normalized spacial score (nSPS) is 19.9. The molecule has 0 spiro atoms. The summed E-state index contributed by atoms with van der Waals surface area (Å²) in [6.45, 7) is 2.53. The largest absolute Gasteiger partial charge is 0.355 e. The molecular weight excluding hydrogens is 214 g/mol. The van der Waals surface area contributed by atoms with E-state index in [1.807, 2.05) is 18.2 Å². The van der Waals surface area contributed by atoms with E-state index in [0.717, 1.165) is 38.0 Å². The highest BCUT2D eigenvalue weighted by Gasteiger charge is 2.19. The number of nitrogens with one attached hydrogen (secondary N) is 2. The van der Waals surface area contributed by atoms with Gasteiger partial charge in [-0.3, -0.25) is 9.78 Å². The molecule has 0 radical (unpaired) electrons. The van der Waals surface area contributed by atoms with Crippen LogP contribution in [-0.4, -0.2) is 30.5 Å². The fourth-order valence-electron chi connectivity index (χ4n) is 2.08. The van der Waals surface area contributed by atoms with Crippen LogP contribution in [0.15, 0.2) is 24.4 Å². The summed E-state index contributed by atoms with van der Waals surface area (Å²) in [5.74, 6) is 0.320. The van der Waals surface area contributed by atoms with E-state index in [-0.39, 0.29) is 11.8 Å². The first-order chi connectivity index (χ1) is 8.36. The van der Waals surface area contributed by atoms with Gasteiger partial charge in [-0.1, -0.05) is 6.07 Å². The van der Waals surface area contributed by atoms with Gasteiger partial charge in [-0.15, -0.1) is 0 Å². The van der Waals surface area contributed by atoms with Crippen LogP contribution in [0.1, 0.15) is 18.5 Å². The average molecular weight is 233 g/mol. The lowest BCUT2D eigenvalue weighted by Gasteiger charge is -2.21. The van der Waals surface area contributed by atoms with Gasteiger partial charge in [0.15, 0.2) is 0 Å². The monoisotopic (exact) mass is 233 g/mol. The topological polar surface area (TPSA) is 54.0 Å². The fraction of sp³-hybridized carbons (Fsp3) is 0.538. The van der Waals surface area contributed by atoms with Gasteiger partial charge >= 0.3 is 0 Å². The van der Waals surface area contributed by atoms with Crippen molar-refractivity contribution in [3.63, 3.8) is 0 Å². The van der Waals surface area contributed by atoms with Crippen LogP contribution in [0.2, 0.25) is 0 Å². The van der Waals surface area contributed by atoms with Crippen molar-refractivity contribution in [3.8, 4) is 0 Å². The van der Waals surface area contributed by atoms with Gasteiger partial charge in [0, 0.05) is 31.4 Å². The number of hydrogen-bond donors (Lipinski definition) is 2. The van der Waals surface area contributed by atoms with E-state index in [4.69, 9.17) is 0 Å². The summed E-state index contributed by atoms with van der Waals surface area (Å²) < 4.78 is 0. The molecule has 1 aromatic rings. The molecule has 0 aromatic carbocycles. The smallest absolute Gasteiger partial charge is 0.224 e. The van der Waals surface area contributed by atoms with Crippen molar-refractivity contribution >= 4 is 5.91 Å². The molecule has 1 amide bonds. The number of nitrogens with zero attached hydrogens (tertiary/aromatic N) is 1. The van der Waals surface area contributed by atoms with Gasteiger partial charge in [0.25, 0.3) is 0 Å². The maximum Gasteiger partial charge on any atom is 0.224 e. The van der Waals surface area contributed by atoms with Crippen molar-refractivity contribution < 1.29 is 4.79 Å². The van der Waals surface area contributed by atoms with E-state index < -0.39 is 0 Å². The number of hydrogen-bond acceptors (Lipinski definition) is 3. The molecule has 2 heterocycles. The molecule has 2 N–H and O–H groups in total. The lowest BCUT2D eigenvalue weighted by molar-refractivity contribution is -0.125. The summed E-state index contributed by atoms with van der Waals surface area (Å²) in [6, 6.07) is 5.85. The van der Waals surface area contributed by atoms with Crippen LogP contribution in [0.4, 0.5) is 0 Å². The second kappa shape index (κ2) is 6.35. The third-order valence-electron chi connectivity index (χ3n) is 3.07. The Bertz CT molecular complexity index is 347. The quantitative estimate of drug-likeness (QED) is 0.806. The highest BCUT2D eigenvalue weighted by atomic mass is 16.1. The van der Waals surface area contributed by atoms with Crippen LogP contribution in [-0.2, 0) is 11.2 Å². The van der Waals surface area contributed by atoms with E-state index >= 15 is 0 Å². The van der Waals surface area contributed by atoms with Gasteiger partial charge in [0.2, 0.25) is 5.91 Å². The molecule has 92 valence electrons. The van der Waals surface area contributed by atoms with Gasteiger partial charge in [-0.05, 0) is 31.5 Å². The Hall–Kier alpha value is -1.42. The highest BCUT2D eigenvalue weighted by Crippen LogP contribution is 2.09. The maximum absolute atomic E-state index is 11.8. The summed E-state index contributed by atoms with van der Waals surface area (Å²) in [4.78, 5) is 16.0. The second-order valence-corrected chi connectivity index (χ2v) is 4.41. The van der Waals surface area contributed by atoms with Crippen LogP contribution in [0, 0.1) is 5.92 Å². The van der Waals surface area contributed by atoms with Crippen LogP contribution in [0.3, 0.4) is 0 Å². The number of carbonyl (C=O) groups is 1. The molecule has 0 aliphatic carbocycles. The van der Waals surface area contributed by atoms with E-state index in [0.29, 0.717) is 6.54 Å². The Morgan fingerprint density at radius 2 is 2.47 bits per heavy atom. The predicted octanol–water partition coefficient (Wildman–Crippen LogP) is 0.740. The van der Waals surface area contributed by atoms with Crippen LogP contribution < -0.4 is 10.6 Å². The number of amides is 1. The standard InChI is InChI=1S/C13H19N3O/c17-13(11-4-3-7-14-10-11)16-9-6-12-5-1-2-8-15-12/h1-2,5,8,11,14H,3-4,6-7,9-10H2,(H,16,17). The van der Waals surface area contributed by atoms with Gasteiger partial charge in [-0.25, -0.2) is 0 Å². The number of aromatic nitrogens is 1. The zero-order chi connectivity index (χ0) is 11.9. The first-order valence-electron chi connectivity index (χ1n) is 6.24. The number of carbonyl (C=O) groups excluding carboxylic acids is 1. The molecule has 1 aliphatic rings. The van der Waals surface area contributed by atoms with Crippen molar-refractivity contribution in [2.45, 2.75) is 19.3 Å². The second-order valence-electron chi connectivity index (χ2n) is 4.41. The van der Waals surface area contributed by atoms with E-state index in [1.165, 1.54) is 0 Å². The number of pyridine rings is 1. The fourth-order valence-corrected chi connectivity index (χ4v) is 2.08. The minimum atomic E-state index is 0.146. The van der Waals surface area contributed by atoms with Crippen molar-refractivity contribution in [3.05, 3.63) is 30.1 Å². The molecule has 17 heavy (non-hydrogen) atoms. The molecule has 1 saturated heterocycles. The average Bonchev–Trinajstić information content (AvgIpc) is 2.41. The highest BCUT2D eigenvalue weighted by molar-refractivity contribution is 5.78. The lowest BCUT2D eigenvalue weighted by atomic mass is 9.99. The van der Waals surface area contributed by atoms with Crippen LogP contribution >= 0.6 is 0 Å². The van der Waals surface area contributed by atoms with E-state index in [2.05, 4.69) is 15.6 Å². The molecule has 1 atom stereocenters. The zero-order valence-corrected chi connectivity index (χ0v) is 9.98. The summed E-state index contributed by atoms with van der Waals surface area (Å²) in [7, 11) is 0. The third-order valence-corrected chi connectivity index (χ3v) is 3.07. The van der Waals surface area contributed by atoms with Crippen molar-refractivity contribution in [2.75, 3.05) is 19.6 Å². The van der Waals surface area contributed by atoms with Gasteiger partial charge in [0.05, 0.1) is 5.92 Å². The molecule has 1 fully saturated rings. The Labute approximate surface area is 102 Å². The summed E-state index contributed by atoms with van der Waals surface area (Å²) in [5.41, 5.74) is 1.02. The van der Waals surface area contributed by atoms with Gasteiger partial charge in [0.1, 0.15) is 0 Å². The zero-order valence-electron chi connectivity index (χ0n) is 9.98. The van der Waals surface area contributed by atoms with Crippen molar-refractivity contribution in [1.29, 1.82) is 0 Å². The van der Waals surface area contributed by atoms with Crippen molar-refractivity contribution in [2.24, 2.45) is 5.92 Å². The summed E-state index contributed by atoms with van der Waals surface area (Å²) >= 11 is 0. The molecule has 1 aliphatic heterocycles. The van der Waals surface area contributed by atoms with Crippen LogP contribution in [0.25, 0.3) is 0 Å². The predicted molar refractivity (Wildman–Crippen MR) is 66.5 cm³/mol. The molecule has 4 nitrogen and oxygen atoms in total. The molecule has 2 rings (SSSR count). The van der Waals surface area contributed by atoms with Crippen molar-refractivity contribution in [1.82, 2.24) is 15.6 Å². The molecule has 0 bridgehead atoms. The Morgan fingerprint density at radius 3 is 3.18 bits per heavy atom. The minimum Gasteiger partial charge on any atom is -0.355 e. The minimum absolute atomic E-state index is 0.146. The third kappa shape index (κ3) is 3.82. The van der Waals surface area contributed by atoms with Crippen LogP contribution in [0.5, 0.6) is 0 Å². The molecule has 4 heteroatoms. The summed E-state index contributed by atoms with van der Waals surface area (Å²) in [6.07, 6.45) is 4.68. The first-order valence-corrected chi connectivity index (χ1v) is 6.24. The first kappa shape index (κ1) is 12.0. The Morgan fingerprint density at radius 1 is 1.53 bits per heavy atom.